The lowest BCUT2D eigenvalue weighted by atomic mass is 9.81. The Morgan fingerprint density at radius 1 is 1.25 bits per heavy atom. The number of H-pyrrole nitrogens is 1. The predicted octanol–water partition coefficient (Wildman–Crippen LogP) is 2.18. The fraction of sp³-hybridized carbons (Fsp3) is 0.333. The van der Waals surface area contributed by atoms with Crippen LogP contribution in [0.5, 0.6) is 0 Å². The number of hydrogen-bond donors (Lipinski definition) is 3. The van der Waals surface area contributed by atoms with Gasteiger partial charge in [0.15, 0.2) is 0 Å². The number of hydrogen-bond acceptors (Lipinski definition) is 3. The number of carboxylic acids is 1. The highest BCUT2D eigenvalue weighted by Crippen LogP contribution is 2.20. The van der Waals surface area contributed by atoms with Crippen LogP contribution in [0.1, 0.15) is 20.8 Å². The van der Waals surface area contributed by atoms with Gasteiger partial charge < -0.3 is 15.8 Å². The third-order valence-electron chi connectivity index (χ3n) is 3.41. The normalized spacial score (nSPS) is 12.4. The Bertz CT molecular complexity index is 572. The summed E-state index contributed by atoms with van der Waals surface area (Å²) in [6.07, 6.45) is 1.95. The molecule has 0 amide bonds. The highest BCUT2D eigenvalue weighted by molar-refractivity contribution is 5.89. The quantitative estimate of drug-likeness (QED) is 0.800. The van der Waals surface area contributed by atoms with Crippen molar-refractivity contribution in [2.24, 2.45) is 11.1 Å². The first-order valence-electron chi connectivity index (χ1n) is 6.28. The number of nitrogens with two attached hydrogens (primary N) is 1. The number of carbonyl (C=O) groups excluding carboxylic acids is 1. The van der Waals surface area contributed by atoms with Gasteiger partial charge in [-0.15, -0.1) is 0 Å². The third kappa shape index (κ3) is 3.68. The van der Waals surface area contributed by atoms with Gasteiger partial charge in [0.2, 0.25) is 0 Å². The fourth-order valence-electron chi connectivity index (χ4n) is 1.52. The van der Waals surface area contributed by atoms with Crippen LogP contribution in [0.2, 0.25) is 0 Å². The molecule has 0 aliphatic carbocycles. The molecule has 0 radical (unpaired) electrons. The predicted molar refractivity (Wildman–Crippen MR) is 78.4 cm³/mol. The van der Waals surface area contributed by atoms with Crippen LogP contribution in [0.15, 0.2) is 36.5 Å². The minimum absolute atomic E-state index is 0.215. The average Bonchev–Trinajstić information content (AvgIpc) is 2.86. The Morgan fingerprint density at radius 3 is 2.30 bits per heavy atom. The molecule has 0 saturated heterocycles. The molecule has 0 bridgehead atoms. The molecule has 0 aliphatic rings. The highest BCUT2D eigenvalue weighted by Gasteiger charge is 2.36. The van der Waals surface area contributed by atoms with Crippen LogP contribution in [0.4, 0.5) is 0 Å². The zero-order valence-corrected chi connectivity index (χ0v) is 11.9. The van der Waals surface area contributed by atoms with Crippen molar-refractivity contribution in [1.29, 1.82) is 0 Å². The Balaban J connectivity index is 0.000000202. The first-order valence-corrected chi connectivity index (χ1v) is 6.28. The first kappa shape index (κ1) is 15.9. The summed E-state index contributed by atoms with van der Waals surface area (Å²) in [5.41, 5.74) is 5.50. The maximum atomic E-state index is 10.9. The Morgan fingerprint density at radius 2 is 1.85 bits per heavy atom. The highest BCUT2D eigenvalue weighted by atomic mass is 16.4. The van der Waals surface area contributed by atoms with E-state index in [2.05, 4.69) is 23.2 Å². The van der Waals surface area contributed by atoms with Gasteiger partial charge in [0, 0.05) is 17.1 Å². The number of nitrogens with one attached hydrogen (secondary N) is 1. The number of aliphatic carboxylic acids is 1. The van der Waals surface area contributed by atoms with E-state index in [1.807, 2.05) is 18.3 Å². The van der Waals surface area contributed by atoms with E-state index in [9.17, 15) is 9.59 Å². The van der Waals surface area contributed by atoms with Gasteiger partial charge in [0.1, 0.15) is 11.8 Å². The van der Waals surface area contributed by atoms with E-state index in [0.29, 0.717) is 0 Å². The number of benzene rings is 1. The molecule has 0 saturated carbocycles. The average molecular weight is 276 g/mol. The van der Waals surface area contributed by atoms with Crippen LogP contribution in [-0.2, 0) is 9.59 Å². The number of aromatic amines is 1. The van der Waals surface area contributed by atoms with Crippen molar-refractivity contribution in [1.82, 2.24) is 4.98 Å². The van der Waals surface area contributed by atoms with Gasteiger partial charge in [0.05, 0.1) is 0 Å². The zero-order valence-electron chi connectivity index (χ0n) is 11.9. The molecule has 1 aromatic carbocycles. The maximum absolute atomic E-state index is 10.9. The van der Waals surface area contributed by atoms with E-state index >= 15 is 0 Å². The number of fused-ring (bicyclic) bond motifs is 1. The van der Waals surface area contributed by atoms with Gasteiger partial charge in [-0.3, -0.25) is 9.59 Å². The molecule has 1 heterocycles. The topological polar surface area (TPSA) is 96.2 Å². The molecule has 0 unspecified atom stereocenters. The van der Waals surface area contributed by atoms with E-state index in [1.165, 1.54) is 31.7 Å². The Kier molecular flexibility index (Phi) is 5.05. The van der Waals surface area contributed by atoms with Crippen LogP contribution in [-0.4, -0.2) is 27.9 Å². The van der Waals surface area contributed by atoms with Crippen molar-refractivity contribution in [3.8, 4) is 0 Å². The molecule has 0 fully saturated rings. The maximum Gasteiger partial charge on any atom is 0.321 e. The van der Waals surface area contributed by atoms with Gasteiger partial charge in [-0.1, -0.05) is 32.0 Å². The Hall–Kier alpha value is -2.14. The summed E-state index contributed by atoms with van der Waals surface area (Å²) in [5, 5.41) is 9.76. The van der Waals surface area contributed by atoms with Crippen molar-refractivity contribution in [2.75, 3.05) is 0 Å². The molecule has 1 aromatic heterocycles. The van der Waals surface area contributed by atoms with Crippen LogP contribution in [0.3, 0.4) is 0 Å². The monoisotopic (exact) mass is 276 g/mol. The minimum Gasteiger partial charge on any atom is -0.480 e. The smallest absolute Gasteiger partial charge is 0.321 e. The fourth-order valence-corrected chi connectivity index (χ4v) is 1.52. The summed E-state index contributed by atoms with van der Waals surface area (Å²) < 4.78 is 0. The lowest BCUT2D eigenvalue weighted by Gasteiger charge is -2.24. The summed E-state index contributed by atoms with van der Waals surface area (Å²) in [5.74, 6) is -1.36. The van der Waals surface area contributed by atoms with Gasteiger partial charge in [-0.25, -0.2) is 0 Å². The summed E-state index contributed by atoms with van der Waals surface area (Å²) >= 11 is 0. The second kappa shape index (κ2) is 6.34. The van der Waals surface area contributed by atoms with Crippen LogP contribution in [0.25, 0.3) is 10.9 Å². The van der Waals surface area contributed by atoms with Crippen molar-refractivity contribution >= 4 is 22.7 Å². The zero-order chi connectivity index (χ0) is 15.3. The van der Waals surface area contributed by atoms with Crippen LogP contribution in [0, 0.1) is 5.41 Å². The molecule has 2 rings (SSSR count). The minimum atomic E-state index is -1.15. The van der Waals surface area contributed by atoms with Crippen molar-refractivity contribution in [3.05, 3.63) is 36.5 Å². The van der Waals surface area contributed by atoms with Crippen LogP contribution >= 0.6 is 0 Å². The molecule has 5 heteroatoms. The summed E-state index contributed by atoms with van der Waals surface area (Å²) in [4.78, 5) is 24.4. The summed E-state index contributed by atoms with van der Waals surface area (Å²) in [6, 6.07) is 9.16. The number of ketones is 1. The molecule has 0 spiro atoms. The SMILES string of the molecule is CC(=O)C(C)(C)[C@H](N)C(=O)O.c1ccc2[nH]ccc2c1. The number of rotatable bonds is 3. The van der Waals surface area contributed by atoms with Gasteiger partial charge >= 0.3 is 5.97 Å². The lowest BCUT2D eigenvalue weighted by Crippen LogP contribution is -2.47. The molecular weight excluding hydrogens is 256 g/mol. The molecule has 5 nitrogen and oxygen atoms in total. The van der Waals surface area contributed by atoms with E-state index in [0.717, 1.165) is 0 Å². The van der Waals surface area contributed by atoms with Gasteiger partial charge in [-0.2, -0.15) is 0 Å². The number of para-hydroxylation sites is 1. The molecule has 4 N–H and O–H groups in total. The van der Waals surface area contributed by atoms with Gasteiger partial charge in [0.25, 0.3) is 0 Å². The van der Waals surface area contributed by atoms with E-state index in [-0.39, 0.29) is 5.78 Å². The number of Topliss-reactive ketones (excluding diaryl/α,β-unsaturated/α-hetero) is 1. The second-order valence-electron chi connectivity index (χ2n) is 5.16. The summed E-state index contributed by atoms with van der Waals surface area (Å²) in [6.45, 7) is 4.38. The van der Waals surface area contributed by atoms with Crippen molar-refractivity contribution in [2.45, 2.75) is 26.8 Å². The third-order valence-corrected chi connectivity index (χ3v) is 3.41. The second-order valence-corrected chi connectivity index (χ2v) is 5.16. The molecule has 108 valence electrons. The van der Waals surface area contributed by atoms with Crippen molar-refractivity contribution in [3.63, 3.8) is 0 Å². The molecule has 20 heavy (non-hydrogen) atoms. The first-order chi connectivity index (χ1) is 9.26. The number of carbonyl (C=O) groups is 2. The molecular formula is C15H20N2O3. The standard InChI is InChI=1S/C8H7N.C7H13NO3/c1-2-4-8-7(3-1)5-6-9-8;1-4(9)7(2,3)5(8)6(10)11/h1-6,9H;5H,8H2,1-3H3,(H,10,11)/t;5-/m.1/s1. The van der Waals surface area contributed by atoms with E-state index in [1.54, 1.807) is 0 Å². The summed E-state index contributed by atoms with van der Waals surface area (Å²) in [7, 11) is 0. The molecule has 0 aliphatic heterocycles. The number of aromatic nitrogens is 1. The largest absolute Gasteiger partial charge is 0.480 e. The van der Waals surface area contributed by atoms with E-state index in [4.69, 9.17) is 10.8 Å². The van der Waals surface area contributed by atoms with E-state index < -0.39 is 17.4 Å². The van der Waals surface area contributed by atoms with Crippen LogP contribution < -0.4 is 5.73 Å². The van der Waals surface area contributed by atoms with Gasteiger partial charge in [-0.05, 0) is 24.4 Å². The molecule has 2 aromatic rings. The molecule has 1 atom stereocenters. The van der Waals surface area contributed by atoms with Crippen molar-refractivity contribution < 1.29 is 14.7 Å². The number of carboxylic acid groups (broad SMARTS) is 1. The lowest BCUT2D eigenvalue weighted by molar-refractivity contribution is -0.145. The Labute approximate surface area is 117 Å².